The first-order valence-corrected chi connectivity index (χ1v) is 9.86. The Hall–Kier alpha value is -1.92. The standard InChI is InChI=1S/C21H34N4O2/c1-15(2)18(20(27)23-25-13-11-24(6)12-14-25)22-19(26)16-7-9-17(10-8-16)21(3,4)5/h7-10,15,18H,11-14H2,1-6H3,(H,22,26)(H,23,27)/p+1/t18-/m0/s1. The maximum absolute atomic E-state index is 12.7. The molecule has 0 radical (unpaired) electrons. The Morgan fingerprint density at radius 3 is 2.11 bits per heavy atom. The Morgan fingerprint density at radius 1 is 1.07 bits per heavy atom. The Balaban J connectivity index is 2.00. The Kier molecular flexibility index (Phi) is 7.00. The van der Waals surface area contributed by atoms with E-state index >= 15 is 0 Å². The van der Waals surface area contributed by atoms with Gasteiger partial charge in [-0.25, -0.2) is 5.01 Å². The molecule has 1 saturated heterocycles. The van der Waals surface area contributed by atoms with Gasteiger partial charge in [-0.15, -0.1) is 0 Å². The van der Waals surface area contributed by atoms with Crippen molar-refractivity contribution >= 4 is 11.8 Å². The number of hydrogen-bond donors (Lipinski definition) is 3. The third-order valence-corrected chi connectivity index (χ3v) is 5.13. The highest BCUT2D eigenvalue weighted by molar-refractivity contribution is 5.97. The molecule has 1 atom stereocenters. The van der Waals surface area contributed by atoms with Gasteiger partial charge in [-0.3, -0.25) is 15.0 Å². The first-order valence-electron chi connectivity index (χ1n) is 9.86. The average molecular weight is 376 g/mol. The van der Waals surface area contributed by atoms with Crippen LogP contribution in [0.4, 0.5) is 0 Å². The van der Waals surface area contributed by atoms with Gasteiger partial charge in [-0.05, 0) is 29.0 Å². The molecular weight excluding hydrogens is 340 g/mol. The van der Waals surface area contributed by atoms with Gasteiger partial charge < -0.3 is 10.2 Å². The van der Waals surface area contributed by atoms with Gasteiger partial charge in [-0.1, -0.05) is 46.8 Å². The summed E-state index contributed by atoms with van der Waals surface area (Å²) in [6.07, 6.45) is 0. The summed E-state index contributed by atoms with van der Waals surface area (Å²) in [7, 11) is 2.15. The lowest BCUT2D eigenvalue weighted by molar-refractivity contribution is -0.884. The van der Waals surface area contributed by atoms with E-state index in [1.165, 1.54) is 10.5 Å². The molecule has 0 saturated carbocycles. The van der Waals surface area contributed by atoms with Gasteiger partial charge in [0, 0.05) is 5.56 Å². The van der Waals surface area contributed by atoms with Gasteiger partial charge in [0.25, 0.3) is 11.8 Å². The van der Waals surface area contributed by atoms with Gasteiger partial charge in [0.2, 0.25) is 0 Å². The molecule has 150 valence electrons. The maximum Gasteiger partial charge on any atom is 0.257 e. The molecule has 1 aromatic carbocycles. The Morgan fingerprint density at radius 2 is 1.63 bits per heavy atom. The first kappa shape index (κ1) is 21.4. The highest BCUT2D eigenvalue weighted by atomic mass is 16.2. The number of quaternary nitrogens is 1. The number of amides is 2. The molecule has 0 bridgehead atoms. The van der Waals surface area contributed by atoms with Crippen molar-refractivity contribution in [1.29, 1.82) is 0 Å². The van der Waals surface area contributed by atoms with Gasteiger partial charge in [0.1, 0.15) is 6.04 Å². The minimum absolute atomic E-state index is 0.000822. The molecule has 1 aromatic rings. The molecule has 6 nitrogen and oxygen atoms in total. The van der Waals surface area contributed by atoms with Crippen LogP contribution in [-0.2, 0) is 10.2 Å². The van der Waals surface area contributed by atoms with Crippen LogP contribution in [0.5, 0.6) is 0 Å². The highest BCUT2D eigenvalue weighted by Gasteiger charge is 2.27. The fraction of sp³-hybridized carbons (Fsp3) is 0.619. The number of hydrogen-bond acceptors (Lipinski definition) is 3. The van der Waals surface area contributed by atoms with Crippen LogP contribution in [0.2, 0.25) is 0 Å². The monoisotopic (exact) mass is 375 g/mol. The summed E-state index contributed by atoms with van der Waals surface area (Å²) >= 11 is 0. The third kappa shape index (κ3) is 6.04. The van der Waals surface area contributed by atoms with Crippen molar-refractivity contribution in [2.24, 2.45) is 5.92 Å². The second-order valence-electron chi connectivity index (χ2n) is 8.94. The lowest BCUT2D eigenvalue weighted by Gasteiger charge is -2.32. The second-order valence-corrected chi connectivity index (χ2v) is 8.94. The highest BCUT2D eigenvalue weighted by Crippen LogP contribution is 2.22. The predicted molar refractivity (Wildman–Crippen MR) is 108 cm³/mol. The fourth-order valence-electron chi connectivity index (χ4n) is 3.11. The summed E-state index contributed by atoms with van der Waals surface area (Å²) in [5, 5.41) is 4.86. The van der Waals surface area contributed by atoms with Crippen molar-refractivity contribution in [3.63, 3.8) is 0 Å². The van der Waals surface area contributed by atoms with Crippen LogP contribution in [0.3, 0.4) is 0 Å². The molecule has 27 heavy (non-hydrogen) atoms. The molecular formula is C21H35N4O2+. The molecule has 2 rings (SSSR count). The fourth-order valence-corrected chi connectivity index (χ4v) is 3.11. The van der Waals surface area contributed by atoms with E-state index in [1.54, 1.807) is 0 Å². The van der Waals surface area contributed by atoms with E-state index in [-0.39, 0.29) is 23.1 Å². The van der Waals surface area contributed by atoms with Crippen LogP contribution < -0.4 is 15.6 Å². The molecule has 0 aliphatic carbocycles. The van der Waals surface area contributed by atoms with Gasteiger partial charge in [-0.2, -0.15) is 0 Å². The molecule has 0 spiro atoms. The van der Waals surface area contributed by atoms with Gasteiger partial charge >= 0.3 is 0 Å². The number of likely N-dealkylation sites (N-methyl/N-ethyl adjacent to an activating group) is 1. The molecule has 1 aliphatic heterocycles. The van der Waals surface area contributed by atoms with Gasteiger partial charge in [0.15, 0.2) is 0 Å². The van der Waals surface area contributed by atoms with Crippen molar-refractivity contribution < 1.29 is 14.5 Å². The molecule has 0 aromatic heterocycles. The number of benzene rings is 1. The van der Waals surface area contributed by atoms with E-state index in [2.05, 4.69) is 38.6 Å². The van der Waals surface area contributed by atoms with Crippen LogP contribution in [0, 0.1) is 5.92 Å². The van der Waals surface area contributed by atoms with Crippen molar-refractivity contribution in [3.8, 4) is 0 Å². The Labute approximate surface area is 163 Å². The molecule has 1 heterocycles. The minimum atomic E-state index is -0.563. The van der Waals surface area contributed by atoms with Crippen molar-refractivity contribution in [3.05, 3.63) is 35.4 Å². The van der Waals surface area contributed by atoms with E-state index in [0.29, 0.717) is 5.56 Å². The van der Waals surface area contributed by atoms with Crippen LogP contribution in [0.25, 0.3) is 0 Å². The minimum Gasteiger partial charge on any atom is -0.340 e. The molecule has 1 fully saturated rings. The number of nitrogens with zero attached hydrogens (tertiary/aromatic N) is 1. The topological polar surface area (TPSA) is 65.9 Å². The van der Waals surface area contributed by atoms with Crippen molar-refractivity contribution in [2.75, 3.05) is 33.2 Å². The summed E-state index contributed by atoms with van der Waals surface area (Å²) in [5.74, 6) is -0.364. The first-order chi connectivity index (χ1) is 12.6. The largest absolute Gasteiger partial charge is 0.340 e. The SMILES string of the molecule is CC(C)[C@H](NC(=O)c1ccc(C(C)(C)C)cc1)C(=O)NN1CC[NH+](C)CC1. The lowest BCUT2D eigenvalue weighted by atomic mass is 9.86. The van der Waals surface area contributed by atoms with E-state index in [0.717, 1.165) is 26.2 Å². The number of carbonyl (C=O) groups excluding carboxylic acids is 2. The maximum atomic E-state index is 12.7. The zero-order chi connectivity index (χ0) is 20.2. The van der Waals surface area contributed by atoms with Crippen LogP contribution in [0.1, 0.15) is 50.5 Å². The van der Waals surface area contributed by atoms with Crippen molar-refractivity contribution in [2.45, 2.75) is 46.1 Å². The molecule has 6 heteroatoms. The Bertz CT molecular complexity index is 641. The van der Waals surface area contributed by atoms with Crippen LogP contribution >= 0.6 is 0 Å². The summed E-state index contributed by atoms with van der Waals surface area (Å²) in [6, 6.07) is 7.05. The summed E-state index contributed by atoms with van der Waals surface area (Å²) < 4.78 is 0. The van der Waals surface area contributed by atoms with E-state index < -0.39 is 6.04 Å². The number of rotatable bonds is 5. The van der Waals surface area contributed by atoms with Gasteiger partial charge in [0.05, 0.1) is 33.2 Å². The molecule has 3 N–H and O–H groups in total. The smallest absolute Gasteiger partial charge is 0.257 e. The van der Waals surface area contributed by atoms with E-state index in [1.807, 2.05) is 43.1 Å². The lowest BCUT2D eigenvalue weighted by Crippen LogP contribution is -3.12. The normalized spacial score (nSPS) is 17.6. The van der Waals surface area contributed by atoms with E-state index in [4.69, 9.17) is 0 Å². The second kappa shape index (κ2) is 8.85. The quantitative estimate of drug-likeness (QED) is 0.706. The number of piperazine rings is 1. The number of nitrogens with one attached hydrogen (secondary N) is 3. The average Bonchev–Trinajstić information content (AvgIpc) is 2.60. The predicted octanol–water partition coefficient (Wildman–Crippen LogP) is 0.600. The van der Waals surface area contributed by atoms with E-state index in [9.17, 15) is 9.59 Å². The summed E-state index contributed by atoms with van der Waals surface area (Å²) in [5.41, 5.74) is 4.76. The van der Waals surface area contributed by atoms with Crippen LogP contribution in [0.15, 0.2) is 24.3 Å². The molecule has 0 unspecified atom stereocenters. The third-order valence-electron chi connectivity index (χ3n) is 5.13. The molecule has 1 aliphatic rings. The summed E-state index contributed by atoms with van der Waals surface area (Å²) in [4.78, 5) is 26.8. The summed E-state index contributed by atoms with van der Waals surface area (Å²) in [6.45, 7) is 14.0. The van der Waals surface area contributed by atoms with Crippen molar-refractivity contribution in [1.82, 2.24) is 15.8 Å². The zero-order valence-corrected chi connectivity index (χ0v) is 17.6. The van der Waals surface area contributed by atoms with Crippen LogP contribution in [-0.4, -0.2) is 56.1 Å². The zero-order valence-electron chi connectivity index (χ0n) is 17.6. The number of carbonyl (C=O) groups is 2. The number of hydrazine groups is 1. The molecule has 2 amide bonds.